The number of hydrogen-bond acceptors (Lipinski definition) is 6. The number of amides is 3. The number of aromatic nitrogens is 1. The van der Waals surface area contributed by atoms with Gasteiger partial charge in [0.05, 0.1) is 17.3 Å². The molecule has 1 N–H and O–H groups in total. The number of nitrogens with one attached hydrogen (secondary N) is 1. The average molecular weight is 649 g/mol. The minimum absolute atomic E-state index is 0.0470. The smallest absolute Gasteiger partial charge is 0.253 e. The summed E-state index contributed by atoms with van der Waals surface area (Å²) in [4.78, 5) is 47.0. The number of carbonyl (C=O) groups excluding carboxylic acids is 3. The first-order valence-electron chi connectivity index (χ1n) is 14.1. The summed E-state index contributed by atoms with van der Waals surface area (Å²) in [5.74, 6) is -0.362. The molecular formula is C34H35Cl2N5O4. The Morgan fingerprint density at radius 2 is 1.64 bits per heavy atom. The van der Waals surface area contributed by atoms with Gasteiger partial charge in [-0.05, 0) is 55.0 Å². The quantitative estimate of drug-likeness (QED) is 0.213. The Bertz CT molecular complexity index is 1770. The van der Waals surface area contributed by atoms with Crippen molar-refractivity contribution < 1.29 is 19.1 Å². The molecule has 0 fully saturated rings. The zero-order valence-electron chi connectivity index (χ0n) is 26.0. The maximum atomic E-state index is 13.0. The van der Waals surface area contributed by atoms with E-state index < -0.39 is 5.91 Å². The Labute approximate surface area is 273 Å². The van der Waals surface area contributed by atoms with Crippen LogP contribution in [0.2, 0.25) is 10.0 Å². The molecule has 0 aliphatic rings. The van der Waals surface area contributed by atoms with Crippen LogP contribution >= 0.6 is 23.2 Å². The second kappa shape index (κ2) is 14.5. The number of hydrogen-bond donors (Lipinski definition) is 1. The molecule has 0 aliphatic carbocycles. The normalized spacial score (nSPS) is 11.0. The Morgan fingerprint density at radius 3 is 2.31 bits per heavy atom. The molecule has 234 valence electrons. The van der Waals surface area contributed by atoms with E-state index in [9.17, 15) is 14.4 Å². The predicted molar refractivity (Wildman–Crippen MR) is 182 cm³/mol. The van der Waals surface area contributed by atoms with Crippen molar-refractivity contribution in [3.63, 3.8) is 0 Å². The van der Waals surface area contributed by atoms with Crippen LogP contribution in [0.25, 0.3) is 17.0 Å². The summed E-state index contributed by atoms with van der Waals surface area (Å²) in [6.07, 6.45) is 2.93. The van der Waals surface area contributed by atoms with Crippen LogP contribution in [0.5, 0.6) is 5.75 Å². The number of benzene rings is 3. The molecule has 0 aliphatic heterocycles. The first-order valence-corrected chi connectivity index (χ1v) is 14.8. The summed E-state index contributed by atoms with van der Waals surface area (Å²) in [5.41, 5.74) is 4.81. The molecule has 4 aromatic rings. The Kier molecular flexibility index (Phi) is 10.7. The number of likely N-dealkylation sites (N-methyl/N-ethyl adjacent to an activating group) is 1. The van der Waals surface area contributed by atoms with Crippen molar-refractivity contribution >= 4 is 69.3 Å². The highest BCUT2D eigenvalue weighted by molar-refractivity contribution is 6.38. The van der Waals surface area contributed by atoms with Crippen LogP contribution in [0.1, 0.15) is 27.2 Å². The fourth-order valence-electron chi connectivity index (χ4n) is 4.58. The van der Waals surface area contributed by atoms with E-state index in [1.807, 2.05) is 50.2 Å². The topological polar surface area (TPSA) is 95.1 Å². The first kappa shape index (κ1) is 33.3. The Morgan fingerprint density at radius 1 is 0.933 bits per heavy atom. The van der Waals surface area contributed by atoms with Crippen molar-refractivity contribution in [2.45, 2.75) is 13.5 Å². The lowest BCUT2D eigenvalue weighted by Gasteiger charge is -2.21. The van der Waals surface area contributed by atoms with Gasteiger partial charge in [-0.1, -0.05) is 47.5 Å². The van der Waals surface area contributed by atoms with Gasteiger partial charge in [-0.15, -0.1) is 0 Å². The van der Waals surface area contributed by atoms with E-state index in [2.05, 4.69) is 5.32 Å². The second-order valence-electron chi connectivity index (χ2n) is 10.8. The van der Waals surface area contributed by atoms with E-state index in [0.29, 0.717) is 27.6 Å². The molecule has 0 unspecified atom stereocenters. The van der Waals surface area contributed by atoms with Crippen LogP contribution in [-0.4, -0.2) is 69.4 Å². The average Bonchev–Trinajstić information content (AvgIpc) is 3.01. The van der Waals surface area contributed by atoms with Crippen LogP contribution in [0.15, 0.2) is 66.7 Å². The van der Waals surface area contributed by atoms with E-state index >= 15 is 0 Å². The minimum atomic E-state index is -0.446. The van der Waals surface area contributed by atoms with Crippen molar-refractivity contribution in [3.05, 3.63) is 99.2 Å². The van der Waals surface area contributed by atoms with Crippen LogP contribution in [0, 0.1) is 6.92 Å². The summed E-state index contributed by atoms with van der Waals surface area (Å²) in [5, 5.41) is 4.19. The van der Waals surface area contributed by atoms with Gasteiger partial charge in [0, 0.05) is 74.2 Å². The number of fused-ring (bicyclic) bond motifs is 1. The summed E-state index contributed by atoms with van der Waals surface area (Å²) >= 11 is 13.3. The third-order valence-corrected chi connectivity index (χ3v) is 7.84. The fourth-order valence-corrected chi connectivity index (χ4v) is 5.19. The minimum Gasteiger partial charge on any atom is -0.487 e. The van der Waals surface area contributed by atoms with Gasteiger partial charge in [0.2, 0.25) is 11.8 Å². The maximum absolute atomic E-state index is 13.0. The zero-order valence-corrected chi connectivity index (χ0v) is 27.5. The lowest BCUT2D eigenvalue weighted by Crippen LogP contribution is -2.37. The Balaban J connectivity index is 1.41. The SMILES string of the molecule is Cc1cc(N(C)C)c2cccc(OCc3c(Cl)ccc(N(C)C(=O)CNC(=O)C=Cc4ccc(C(=O)N(C)C)cc4)c3Cl)c2n1. The van der Waals surface area contributed by atoms with Crippen LogP contribution in [0.3, 0.4) is 0 Å². The molecular weight excluding hydrogens is 613 g/mol. The lowest BCUT2D eigenvalue weighted by molar-refractivity contribution is -0.122. The highest BCUT2D eigenvalue weighted by Crippen LogP contribution is 2.36. The first-order chi connectivity index (χ1) is 21.4. The molecule has 0 atom stereocenters. The van der Waals surface area contributed by atoms with E-state index in [1.54, 1.807) is 63.6 Å². The number of ether oxygens (including phenoxy) is 1. The van der Waals surface area contributed by atoms with Crippen molar-refractivity contribution in [1.29, 1.82) is 0 Å². The van der Waals surface area contributed by atoms with Gasteiger partial charge in [0.1, 0.15) is 17.9 Å². The number of nitrogens with zero attached hydrogens (tertiary/aromatic N) is 4. The maximum Gasteiger partial charge on any atom is 0.253 e. The molecule has 0 saturated heterocycles. The monoisotopic (exact) mass is 647 g/mol. The number of aryl methyl sites for hydroxylation is 1. The fraction of sp³-hybridized carbons (Fsp3) is 0.235. The largest absolute Gasteiger partial charge is 0.487 e. The highest BCUT2D eigenvalue weighted by Gasteiger charge is 2.20. The molecule has 3 amide bonds. The number of para-hydroxylation sites is 1. The third-order valence-electron chi connectivity index (χ3n) is 7.07. The zero-order chi connectivity index (χ0) is 32.8. The number of rotatable bonds is 10. The molecule has 9 nitrogen and oxygen atoms in total. The van der Waals surface area contributed by atoms with E-state index in [4.69, 9.17) is 32.9 Å². The van der Waals surface area contributed by atoms with Gasteiger partial charge in [0.15, 0.2) is 0 Å². The Hall–Kier alpha value is -4.60. The molecule has 0 saturated carbocycles. The van der Waals surface area contributed by atoms with Crippen molar-refractivity contribution in [1.82, 2.24) is 15.2 Å². The molecule has 1 heterocycles. The van der Waals surface area contributed by atoms with Gasteiger partial charge in [0.25, 0.3) is 5.91 Å². The van der Waals surface area contributed by atoms with Crippen LogP contribution in [-0.2, 0) is 16.2 Å². The molecule has 3 aromatic carbocycles. The van der Waals surface area contributed by atoms with E-state index in [-0.39, 0.29) is 30.0 Å². The van der Waals surface area contributed by atoms with E-state index in [1.165, 1.54) is 15.9 Å². The van der Waals surface area contributed by atoms with Crippen molar-refractivity contribution in [2.75, 3.05) is 51.6 Å². The van der Waals surface area contributed by atoms with Crippen LogP contribution in [0.4, 0.5) is 11.4 Å². The van der Waals surface area contributed by atoms with Gasteiger partial charge in [-0.2, -0.15) is 0 Å². The third kappa shape index (κ3) is 7.92. The predicted octanol–water partition coefficient (Wildman–Crippen LogP) is 5.99. The van der Waals surface area contributed by atoms with Gasteiger partial charge >= 0.3 is 0 Å². The molecule has 4 rings (SSSR count). The summed E-state index contributed by atoms with van der Waals surface area (Å²) in [7, 11) is 8.88. The molecule has 45 heavy (non-hydrogen) atoms. The standard InChI is InChI=1S/C34H35Cl2N5O4/c1-21-18-28(39(2)3)24-8-7-9-29(33(24)38-21)45-20-25-26(35)15-16-27(32(25)36)41(6)31(43)19-37-30(42)17-12-22-10-13-23(14-11-22)34(44)40(4)5/h7-18H,19-20H2,1-6H3,(H,37,42). The van der Waals surface area contributed by atoms with Crippen LogP contribution < -0.4 is 19.9 Å². The highest BCUT2D eigenvalue weighted by atomic mass is 35.5. The number of halogens is 2. The molecule has 0 radical (unpaired) electrons. The lowest BCUT2D eigenvalue weighted by atomic mass is 10.1. The molecule has 0 spiro atoms. The summed E-state index contributed by atoms with van der Waals surface area (Å²) < 4.78 is 6.19. The number of anilines is 2. The van der Waals surface area contributed by atoms with E-state index in [0.717, 1.165) is 27.8 Å². The van der Waals surface area contributed by atoms with Crippen molar-refractivity contribution in [3.8, 4) is 5.75 Å². The van der Waals surface area contributed by atoms with Gasteiger partial charge in [-0.25, -0.2) is 4.98 Å². The van der Waals surface area contributed by atoms with Gasteiger partial charge in [-0.3, -0.25) is 14.4 Å². The number of pyridine rings is 1. The second-order valence-corrected chi connectivity index (χ2v) is 11.6. The molecule has 11 heteroatoms. The summed E-state index contributed by atoms with van der Waals surface area (Å²) in [6, 6.07) is 17.9. The summed E-state index contributed by atoms with van der Waals surface area (Å²) in [6.45, 7) is 1.72. The molecule has 1 aromatic heterocycles. The number of carbonyl (C=O) groups is 3. The molecule has 0 bridgehead atoms. The van der Waals surface area contributed by atoms with Crippen molar-refractivity contribution in [2.24, 2.45) is 0 Å². The van der Waals surface area contributed by atoms with Gasteiger partial charge < -0.3 is 24.8 Å².